The molecule has 23 heavy (non-hydrogen) atoms. The monoisotopic (exact) mass is 327 g/mol. The van der Waals surface area contributed by atoms with Crippen molar-refractivity contribution < 1.29 is 14.3 Å². The molecule has 0 radical (unpaired) electrons. The van der Waals surface area contributed by atoms with E-state index in [2.05, 4.69) is 6.07 Å². The molecule has 0 bridgehead atoms. The second-order valence-corrected chi connectivity index (χ2v) is 5.12. The molecular formula is C18H14ClNO3. The quantitative estimate of drug-likeness (QED) is 0.363. The minimum atomic E-state index is -0.428. The second-order valence-electron chi connectivity index (χ2n) is 4.68. The maximum Gasteiger partial charge on any atom is 0.308 e. The number of nitriles is 1. The fourth-order valence-corrected chi connectivity index (χ4v) is 2.21. The molecule has 116 valence electrons. The number of ether oxygens (including phenoxy) is 2. The zero-order chi connectivity index (χ0) is 16.8. The molecule has 0 saturated carbocycles. The number of benzene rings is 2. The molecule has 0 aliphatic rings. The summed E-state index contributed by atoms with van der Waals surface area (Å²) in [7, 11) is 1.48. The van der Waals surface area contributed by atoms with Crippen LogP contribution in [0.4, 0.5) is 0 Å². The number of esters is 1. The lowest BCUT2D eigenvalue weighted by Gasteiger charge is -2.09. The first-order chi connectivity index (χ1) is 11.0. The summed E-state index contributed by atoms with van der Waals surface area (Å²) in [5, 5.41) is 9.93. The number of methoxy groups -OCH3 is 1. The summed E-state index contributed by atoms with van der Waals surface area (Å²) < 4.78 is 10.3. The summed E-state index contributed by atoms with van der Waals surface area (Å²) in [6.07, 6.45) is 1.71. The Bertz CT molecular complexity index is 806. The van der Waals surface area contributed by atoms with Crippen molar-refractivity contribution in [2.24, 2.45) is 0 Å². The average molecular weight is 328 g/mol. The molecule has 0 aliphatic heterocycles. The molecule has 0 aromatic heterocycles. The Morgan fingerprint density at radius 3 is 2.61 bits per heavy atom. The van der Waals surface area contributed by atoms with Crippen molar-refractivity contribution in [2.75, 3.05) is 7.11 Å². The van der Waals surface area contributed by atoms with Gasteiger partial charge in [-0.2, -0.15) is 5.26 Å². The van der Waals surface area contributed by atoms with Crippen LogP contribution in [0.5, 0.6) is 11.5 Å². The van der Waals surface area contributed by atoms with E-state index in [1.807, 2.05) is 6.07 Å². The van der Waals surface area contributed by atoms with Crippen molar-refractivity contribution in [1.29, 1.82) is 5.26 Å². The molecule has 5 heteroatoms. The lowest BCUT2D eigenvalue weighted by molar-refractivity contribution is -0.132. The summed E-state index contributed by atoms with van der Waals surface area (Å²) in [6.45, 7) is 1.32. The van der Waals surface area contributed by atoms with Gasteiger partial charge in [-0.05, 0) is 41.5 Å². The van der Waals surface area contributed by atoms with Crippen LogP contribution in [0, 0.1) is 11.3 Å². The van der Waals surface area contributed by atoms with E-state index in [0.717, 1.165) is 11.1 Å². The maximum absolute atomic E-state index is 11.1. The first-order valence-electron chi connectivity index (χ1n) is 6.77. The molecule has 2 rings (SSSR count). The van der Waals surface area contributed by atoms with Crippen LogP contribution in [0.25, 0.3) is 11.6 Å². The van der Waals surface area contributed by atoms with E-state index < -0.39 is 5.97 Å². The topological polar surface area (TPSA) is 59.3 Å². The van der Waals surface area contributed by atoms with Gasteiger partial charge in [0.1, 0.15) is 0 Å². The predicted octanol–water partition coefficient (Wildman–Crippen LogP) is 4.34. The fourth-order valence-electron chi connectivity index (χ4n) is 2.02. The van der Waals surface area contributed by atoms with Gasteiger partial charge in [0.15, 0.2) is 11.5 Å². The van der Waals surface area contributed by atoms with Gasteiger partial charge in [0, 0.05) is 11.9 Å². The number of nitrogens with zero attached hydrogens (tertiary/aromatic N) is 1. The summed E-state index contributed by atoms with van der Waals surface area (Å²) in [5.41, 5.74) is 1.94. The smallest absolute Gasteiger partial charge is 0.308 e. The largest absolute Gasteiger partial charge is 0.493 e. The van der Waals surface area contributed by atoms with E-state index in [9.17, 15) is 10.1 Å². The molecule has 0 unspecified atom stereocenters. The van der Waals surface area contributed by atoms with Gasteiger partial charge in [0.25, 0.3) is 0 Å². The molecule has 2 aromatic rings. The third kappa shape index (κ3) is 4.35. The summed E-state index contributed by atoms with van der Waals surface area (Å²) in [5.74, 6) is 0.319. The van der Waals surface area contributed by atoms with Gasteiger partial charge < -0.3 is 9.47 Å². The van der Waals surface area contributed by atoms with Crippen LogP contribution in [0.15, 0.2) is 42.5 Å². The van der Waals surface area contributed by atoms with E-state index in [4.69, 9.17) is 21.1 Å². The summed E-state index contributed by atoms with van der Waals surface area (Å²) >= 11 is 5.96. The molecule has 0 N–H and O–H groups in total. The second kappa shape index (κ2) is 7.48. The Morgan fingerprint density at radius 2 is 2.00 bits per heavy atom. The number of carbonyl (C=O) groups is 1. The minimum Gasteiger partial charge on any atom is -0.493 e. The van der Waals surface area contributed by atoms with Crippen molar-refractivity contribution in [3.8, 4) is 17.6 Å². The van der Waals surface area contributed by atoms with Crippen LogP contribution in [-0.4, -0.2) is 13.1 Å². The normalized spacial score (nSPS) is 10.8. The SMILES string of the molecule is COc1cc(/C=C(/C#N)c2cccc(Cl)c2)ccc1OC(C)=O. The highest BCUT2D eigenvalue weighted by atomic mass is 35.5. The lowest BCUT2D eigenvalue weighted by Crippen LogP contribution is -2.03. The van der Waals surface area contributed by atoms with Crippen LogP contribution in [-0.2, 0) is 4.79 Å². The lowest BCUT2D eigenvalue weighted by atomic mass is 10.0. The minimum absolute atomic E-state index is 0.332. The Kier molecular flexibility index (Phi) is 5.40. The van der Waals surface area contributed by atoms with E-state index in [1.165, 1.54) is 14.0 Å². The van der Waals surface area contributed by atoms with Gasteiger partial charge in [-0.3, -0.25) is 4.79 Å². The zero-order valence-corrected chi connectivity index (χ0v) is 13.4. The highest BCUT2D eigenvalue weighted by Gasteiger charge is 2.08. The van der Waals surface area contributed by atoms with E-state index in [1.54, 1.807) is 42.5 Å². The summed E-state index contributed by atoms with van der Waals surface area (Å²) in [4.78, 5) is 11.1. The van der Waals surface area contributed by atoms with E-state index in [-0.39, 0.29) is 0 Å². The average Bonchev–Trinajstić information content (AvgIpc) is 2.53. The number of carbonyl (C=O) groups excluding carboxylic acids is 1. The number of hydrogen-bond acceptors (Lipinski definition) is 4. The molecule has 2 aromatic carbocycles. The molecule has 0 heterocycles. The molecule has 0 aliphatic carbocycles. The fraction of sp³-hybridized carbons (Fsp3) is 0.111. The van der Waals surface area contributed by atoms with Crippen LogP contribution in [0.1, 0.15) is 18.1 Å². The van der Waals surface area contributed by atoms with Gasteiger partial charge in [-0.15, -0.1) is 0 Å². The third-order valence-corrected chi connectivity index (χ3v) is 3.24. The molecule has 0 atom stereocenters. The van der Waals surface area contributed by atoms with Gasteiger partial charge in [-0.1, -0.05) is 29.8 Å². The van der Waals surface area contributed by atoms with Gasteiger partial charge in [0.2, 0.25) is 0 Å². The Labute approximate surface area is 139 Å². The van der Waals surface area contributed by atoms with Crippen LogP contribution in [0.3, 0.4) is 0 Å². The van der Waals surface area contributed by atoms with Crippen molar-refractivity contribution in [1.82, 2.24) is 0 Å². The molecule has 0 spiro atoms. The highest BCUT2D eigenvalue weighted by molar-refractivity contribution is 6.30. The van der Waals surface area contributed by atoms with Crippen LogP contribution < -0.4 is 9.47 Å². The molecule has 0 saturated heterocycles. The van der Waals surface area contributed by atoms with Crippen LogP contribution in [0.2, 0.25) is 5.02 Å². The van der Waals surface area contributed by atoms with Crippen molar-refractivity contribution in [3.63, 3.8) is 0 Å². The van der Waals surface area contributed by atoms with E-state index in [0.29, 0.717) is 22.1 Å². The number of halogens is 1. The van der Waals surface area contributed by atoms with Crippen molar-refractivity contribution >= 4 is 29.2 Å². The number of rotatable bonds is 4. The first kappa shape index (κ1) is 16.6. The molecule has 0 amide bonds. The van der Waals surface area contributed by atoms with E-state index >= 15 is 0 Å². The maximum atomic E-state index is 11.1. The highest BCUT2D eigenvalue weighted by Crippen LogP contribution is 2.30. The number of hydrogen-bond donors (Lipinski definition) is 0. The first-order valence-corrected chi connectivity index (χ1v) is 7.15. The van der Waals surface area contributed by atoms with Gasteiger partial charge >= 0.3 is 5.97 Å². The van der Waals surface area contributed by atoms with Crippen LogP contribution >= 0.6 is 11.6 Å². The van der Waals surface area contributed by atoms with Gasteiger partial charge in [0.05, 0.1) is 18.8 Å². The zero-order valence-electron chi connectivity index (χ0n) is 12.7. The standard InChI is InChI=1S/C18H14ClNO3/c1-12(21)23-17-7-6-13(9-18(17)22-2)8-15(11-20)14-4-3-5-16(19)10-14/h3-10H,1-2H3/b15-8-. The molecule has 4 nitrogen and oxygen atoms in total. The van der Waals surface area contributed by atoms with Crippen molar-refractivity contribution in [3.05, 3.63) is 58.6 Å². The predicted molar refractivity (Wildman–Crippen MR) is 89.2 cm³/mol. The molecule has 0 fully saturated rings. The van der Waals surface area contributed by atoms with Gasteiger partial charge in [-0.25, -0.2) is 0 Å². The molecular weight excluding hydrogens is 314 g/mol. The Morgan fingerprint density at radius 1 is 1.22 bits per heavy atom. The summed E-state index contributed by atoms with van der Waals surface area (Å²) in [6, 6.07) is 14.3. The third-order valence-electron chi connectivity index (χ3n) is 3.01. The number of allylic oxidation sites excluding steroid dienone is 1. The van der Waals surface area contributed by atoms with Crippen molar-refractivity contribution in [2.45, 2.75) is 6.92 Å². The Hall–Kier alpha value is -2.77. The Balaban J connectivity index is 2.41.